The first-order valence-corrected chi connectivity index (χ1v) is 5.53. The summed E-state index contributed by atoms with van der Waals surface area (Å²) in [5.41, 5.74) is 7.04. The zero-order valence-electron chi connectivity index (χ0n) is 8.41. The van der Waals surface area contributed by atoms with E-state index in [1.807, 2.05) is 12.1 Å². The van der Waals surface area contributed by atoms with E-state index in [2.05, 4.69) is 5.32 Å². The highest BCUT2D eigenvalue weighted by Crippen LogP contribution is 2.31. The Balaban J connectivity index is 2.24. The monoisotopic (exact) mass is 226 g/mol. The number of nitrogens with two attached hydrogens (primary N) is 1. The van der Waals surface area contributed by atoms with Crippen LogP contribution in [0.5, 0.6) is 0 Å². The summed E-state index contributed by atoms with van der Waals surface area (Å²) in [5, 5.41) is 13.9. The molecule has 0 spiro atoms. The van der Waals surface area contributed by atoms with Gasteiger partial charge in [-0.05, 0) is 25.5 Å². The van der Waals surface area contributed by atoms with Gasteiger partial charge in [0.2, 0.25) is 0 Å². The molecular weight excluding hydrogens is 212 g/mol. The standard InChI is InChI=1S/C11H15ClN2O/c12-8-4-1-3-7(10(8)13)11(15)9-5-2-6-14-9/h1,3-4,9,11,14-15H,2,5-6,13H2. The number of rotatable bonds is 2. The highest BCUT2D eigenvalue weighted by Gasteiger charge is 2.25. The molecule has 1 aliphatic rings. The van der Waals surface area contributed by atoms with Gasteiger partial charge in [0.1, 0.15) is 0 Å². The van der Waals surface area contributed by atoms with Crippen molar-refractivity contribution in [3.8, 4) is 0 Å². The minimum absolute atomic E-state index is 0.103. The normalized spacial score (nSPS) is 22.9. The summed E-state index contributed by atoms with van der Waals surface area (Å²) in [5.74, 6) is 0. The molecule has 4 heteroatoms. The topological polar surface area (TPSA) is 58.3 Å². The van der Waals surface area contributed by atoms with Gasteiger partial charge < -0.3 is 16.2 Å². The van der Waals surface area contributed by atoms with Crippen molar-refractivity contribution < 1.29 is 5.11 Å². The molecule has 4 N–H and O–H groups in total. The molecule has 0 bridgehead atoms. The lowest BCUT2D eigenvalue weighted by atomic mass is 9.99. The number of hydrogen-bond acceptors (Lipinski definition) is 3. The number of halogens is 1. The summed E-state index contributed by atoms with van der Waals surface area (Å²) < 4.78 is 0. The SMILES string of the molecule is Nc1c(Cl)cccc1C(O)C1CCCN1. The molecule has 0 aliphatic carbocycles. The maximum atomic E-state index is 10.1. The Morgan fingerprint density at radius 1 is 1.53 bits per heavy atom. The first-order valence-electron chi connectivity index (χ1n) is 5.15. The Morgan fingerprint density at radius 2 is 2.33 bits per heavy atom. The minimum Gasteiger partial charge on any atom is -0.397 e. The molecule has 0 radical (unpaired) electrons. The van der Waals surface area contributed by atoms with Crippen LogP contribution in [0.15, 0.2) is 18.2 Å². The molecule has 1 saturated heterocycles. The second-order valence-electron chi connectivity index (χ2n) is 3.89. The molecule has 2 rings (SSSR count). The van der Waals surface area contributed by atoms with Crippen molar-refractivity contribution in [1.82, 2.24) is 5.32 Å². The van der Waals surface area contributed by atoms with Crippen molar-refractivity contribution in [1.29, 1.82) is 0 Å². The summed E-state index contributed by atoms with van der Waals surface area (Å²) in [4.78, 5) is 0. The van der Waals surface area contributed by atoms with Crippen LogP contribution in [-0.2, 0) is 0 Å². The van der Waals surface area contributed by atoms with Gasteiger partial charge >= 0.3 is 0 Å². The highest BCUT2D eigenvalue weighted by atomic mass is 35.5. The summed E-state index contributed by atoms with van der Waals surface area (Å²) in [6.07, 6.45) is 1.51. The van der Waals surface area contributed by atoms with E-state index >= 15 is 0 Å². The molecule has 0 aromatic heterocycles. The van der Waals surface area contributed by atoms with Crippen LogP contribution in [0.4, 0.5) is 5.69 Å². The number of aliphatic hydroxyl groups excluding tert-OH is 1. The molecule has 1 fully saturated rings. The fraction of sp³-hybridized carbons (Fsp3) is 0.455. The largest absolute Gasteiger partial charge is 0.397 e. The van der Waals surface area contributed by atoms with Crippen LogP contribution in [0.3, 0.4) is 0 Å². The van der Waals surface area contributed by atoms with E-state index in [4.69, 9.17) is 17.3 Å². The molecule has 0 amide bonds. The predicted molar refractivity (Wildman–Crippen MR) is 61.8 cm³/mol. The van der Waals surface area contributed by atoms with Crippen LogP contribution < -0.4 is 11.1 Å². The molecule has 82 valence electrons. The molecule has 2 atom stereocenters. The molecule has 2 unspecified atom stereocenters. The van der Waals surface area contributed by atoms with Crippen LogP contribution in [0, 0.1) is 0 Å². The zero-order valence-corrected chi connectivity index (χ0v) is 9.17. The Hall–Kier alpha value is -0.770. The first-order chi connectivity index (χ1) is 7.20. The van der Waals surface area contributed by atoms with Crippen LogP contribution in [0.1, 0.15) is 24.5 Å². The minimum atomic E-state index is -0.564. The first kappa shape index (κ1) is 10.7. The van der Waals surface area contributed by atoms with Crippen LogP contribution >= 0.6 is 11.6 Å². The Bertz CT molecular complexity index is 350. The summed E-state index contributed by atoms with van der Waals surface area (Å²) in [7, 11) is 0. The van der Waals surface area contributed by atoms with Crippen molar-refractivity contribution in [3.63, 3.8) is 0 Å². The quantitative estimate of drug-likeness (QED) is 0.673. The van der Waals surface area contributed by atoms with E-state index < -0.39 is 6.10 Å². The molecule has 1 aliphatic heterocycles. The molecule has 1 heterocycles. The van der Waals surface area contributed by atoms with Gasteiger partial charge in [-0.25, -0.2) is 0 Å². The second-order valence-corrected chi connectivity index (χ2v) is 4.30. The van der Waals surface area contributed by atoms with Gasteiger partial charge in [0, 0.05) is 11.6 Å². The van der Waals surface area contributed by atoms with Gasteiger partial charge in [0.15, 0.2) is 0 Å². The Kier molecular flexibility index (Phi) is 3.14. The van der Waals surface area contributed by atoms with E-state index in [0.717, 1.165) is 24.9 Å². The number of para-hydroxylation sites is 1. The fourth-order valence-corrected chi connectivity index (χ4v) is 2.19. The molecule has 0 saturated carbocycles. The van der Waals surface area contributed by atoms with E-state index in [1.165, 1.54) is 0 Å². The van der Waals surface area contributed by atoms with Gasteiger partial charge in [0.25, 0.3) is 0 Å². The van der Waals surface area contributed by atoms with Crippen LogP contribution in [0.25, 0.3) is 0 Å². The maximum Gasteiger partial charge on any atom is 0.0963 e. The third kappa shape index (κ3) is 2.09. The van der Waals surface area contributed by atoms with Crippen LogP contribution in [-0.4, -0.2) is 17.7 Å². The van der Waals surface area contributed by atoms with Crippen molar-refractivity contribution in [2.45, 2.75) is 25.0 Å². The summed E-state index contributed by atoms with van der Waals surface area (Å²) in [6, 6.07) is 5.47. The smallest absolute Gasteiger partial charge is 0.0963 e. The van der Waals surface area contributed by atoms with Gasteiger partial charge in [-0.2, -0.15) is 0 Å². The maximum absolute atomic E-state index is 10.1. The number of anilines is 1. The molecule has 15 heavy (non-hydrogen) atoms. The average molecular weight is 227 g/mol. The number of hydrogen-bond donors (Lipinski definition) is 3. The lowest BCUT2D eigenvalue weighted by Gasteiger charge is -2.20. The third-order valence-electron chi connectivity index (χ3n) is 2.88. The van der Waals surface area contributed by atoms with Gasteiger partial charge in [0.05, 0.1) is 16.8 Å². The highest BCUT2D eigenvalue weighted by molar-refractivity contribution is 6.33. The number of nitrogen functional groups attached to an aromatic ring is 1. The van der Waals surface area contributed by atoms with Crippen molar-refractivity contribution in [2.24, 2.45) is 0 Å². The molecule has 1 aromatic carbocycles. The molecule has 3 nitrogen and oxygen atoms in total. The fourth-order valence-electron chi connectivity index (χ4n) is 2.01. The Labute approximate surface area is 94.2 Å². The van der Waals surface area contributed by atoms with Crippen LogP contribution in [0.2, 0.25) is 5.02 Å². The van der Waals surface area contributed by atoms with Crippen molar-refractivity contribution >= 4 is 17.3 Å². The number of benzene rings is 1. The van der Waals surface area contributed by atoms with Gasteiger partial charge in [-0.15, -0.1) is 0 Å². The van der Waals surface area contributed by atoms with Crippen molar-refractivity contribution in [2.75, 3.05) is 12.3 Å². The van der Waals surface area contributed by atoms with E-state index in [1.54, 1.807) is 6.07 Å². The lowest BCUT2D eigenvalue weighted by Crippen LogP contribution is -2.29. The summed E-state index contributed by atoms with van der Waals surface area (Å²) in [6.45, 7) is 0.961. The second kappa shape index (κ2) is 4.39. The predicted octanol–water partition coefficient (Wildman–Crippen LogP) is 1.71. The van der Waals surface area contributed by atoms with E-state index in [9.17, 15) is 5.11 Å². The Morgan fingerprint density at radius 3 is 3.00 bits per heavy atom. The summed E-state index contributed by atoms with van der Waals surface area (Å²) >= 11 is 5.91. The average Bonchev–Trinajstić information content (AvgIpc) is 2.74. The van der Waals surface area contributed by atoms with E-state index in [0.29, 0.717) is 10.7 Å². The van der Waals surface area contributed by atoms with Gasteiger partial charge in [-0.1, -0.05) is 23.7 Å². The molecule has 1 aromatic rings. The molecular formula is C11H15ClN2O. The number of nitrogens with one attached hydrogen (secondary N) is 1. The van der Waals surface area contributed by atoms with Crippen molar-refractivity contribution in [3.05, 3.63) is 28.8 Å². The third-order valence-corrected chi connectivity index (χ3v) is 3.21. The lowest BCUT2D eigenvalue weighted by molar-refractivity contribution is 0.138. The van der Waals surface area contributed by atoms with Gasteiger partial charge in [-0.3, -0.25) is 0 Å². The zero-order chi connectivity index (χ0) is 10.8. The van der Waals surface area contributed by atoms with E-state index in [-0.39, 0.29) is 6.04 Å². The number of aliphatic hydroxyl groups is 1.